The Hall–Kier alpha value is -1.67. The summed E-state index contributed by atoms with van der Waals surface area (Å²) in [6.07, 6.45) is 0. The SMILES string of the molecule is CCn1c(SCc2nnc(C)o2)nc2ccc(Br)cc2c1=O. The van der Waals surface area contributed by atoms with Crippen molar-refractivity contribution in [1.29, 1.82) is 0 Å². The van der Waals surface area contributed by atoms with Crippen LogP contribution in [0.4, 0.5) is 0 Å². The van der Waals surface area contributed by atoms with Gasteiger partial charge in [0.2, 0.25) is 11.8 Å². The minimum atomic E-state index is -0.0435. The van der Waals surface area contributed by atoms with Crippen LogP contribution in [0.15, 0.2) is 37.0 Å². The number of nitrogens with zero attached hydrogens (tertiary/aromatic N) is 4. The van der Waals surface area contributed by atoms with Gasteiger partial charge in [-0.15, -0.1) is 10.2 Å². The molecule has 0 radical (unpaired) electrons. The van der Waals surface area contributed by atoms with Crippen molar-refractivity contribution >= 4 is 38.6 Å². The molecule has 0 fully saturated rings. The summed E-state index contributed by atoms with van der Waals surface area (Å²) in [5, 5.41) is 9.01. The van der Waals surface area contributed by atoms with Crippen LogP contribution in [0.25, 0.3) is 10.9 Å². The summed E-state index contributed by atoms with van der Waals surface area (Å²) >= 11 is 4.80. The molecular weight excluding hydrogens is 368 g/mol. The van der Waals surface area contributed by atoms with Crippen LogP contribution in [0.5, 0.6) is 0 Å². The van der Waals surface area contributed by atoms with Crippen LogP contribution >= 0.6 is 27.7 Å². The summed E-state index contributed by atoms with van der Waals surface area (Å²) in [5.41, 5.74) is 0.639. The Balaban J connectivity index is 2.01. The lowest BCUT2D eigenvalue weighted by atomic mass is 10.2. The third-order valence-corrected chi connectivity index (χ3v) is 4.54. The van der Waals surface area contributed by atoms with E-state index in [1.165, 1.54) is 11.8 Å². The number of hydrogen-bond donors (Lipinski definition) is 0. The maximum absolute atomic E-state index is 12.6. The Labute approximate surface area is 139 Å². The molecule has 6 nitrogen and oxygen atoms in total. The van der Waals surface area contributed by atoms with Crippen LogP contribution in [0, 0.1) is 6.92 Å². The van der Waals surface area contributed by atoms with Crippen molar-refractivity contribution in [1.82, 2.24) is 19.7 Å². The molecule has 0 aliphatic rings. The predicted octanol–water partition coefficient (Wildman–Crippen LogP) is 3.16. The van der Waals surface area contributed by atoms with E-state index in [9.17, 15) is 4.79 Å². The number of rotatable bonds is 4. The Kier molecular flexibility index (Phi) is 4.30. The molecule has 0 atom stereocenters. The van der Waals surface area contributed by atoms with E-state index in [0.29, 0.717) is 40.1 Å². The molecule has 22 heavy (non-hydrogen) atoms. The molecule has 3 rings (SSSR count). The normalized spacial score (nSPS) is 11.2. The minimum Gasteiger partial charge on any atom is -0.425 e. The molecule has 0 N–H and O–H groups in total. The minimum absolute atomic E-state index is 0.0435. The van der Waals surface area contributed by atoms with Crippen LogP contribution in [-0.2, 0) is 12.3 Å². The van der Waals surface area contributed by atoms with Crippen molar-refractivity contribution in [3.8, 4) is 0 Å². The first-order valence-corrected chi connectivity index (χ1v) is 8.48. The maximum atomic E-state index is 12.6. The Morgan fingerprint density at radius 3 is 2.86 bits per heavy atom. The zero-order chi connectivity index (χ0) is 15.7. The molecule has 0 saturated heterocycles. The average molecular weight is 381 g/mol. The highest BCUT2D eigenvalue weighted by atomic mass is 79.9. The first-order valence-electron chi connectivity index (χ1n) is 6.70. The third-order valence-electron chi connectivity index (χ3n) is 3.09. The van der Waals surface area contributed by atoms with Gasteiger partial charge in [-0.25, -0.2) is 4.98 Å². The van der Waals surface area contributed by atoms with Crippen molar-refractivity contribution in [2.75, 3.05) is 0 Å². The van der Waals surface area contributed by atoms with Crippen molar-refractivity contribution in [2.24, 2.45) is 0 Å². The highest BCUT2D eigenvalue weighted by Crippen LogP contribution is 2.23. The molecule has 0 saturated carbocycles. The number of benzene rings is 1. The monoisotopic (exact) mass is 380 g/mol. The van der Waals surface area contributed by atoms with Gasteiger partial charge >= 0.3 is 0 Å². The summed E-state index contributed by atoms with van der Waals surface area (Å²) < 4.78 is 7.87. The number of thioether (sulfide) groups is 1. The summed E-state index contributed by atoms with van der Waals surface area (Å²) in [7, 11) is 0. The number of aryl methyl sites for hydroxylation is 1. The molecule has 0 unspecified atom stereocenters. The quantitative estimate of drug-likeness (QED) is 0.511. The molecule has 114 valence electrons. The lowest BCUT2D eigenvalue weighted by Crippen LogP contribution is -2.22. The predicted molar refractivity (Wildman–Crippen MR) is 88.0 cm³/mol. The summed E-state index contributed by atoms with van der Waals surface area (Å²) in [6, 6.07) is 5.51. The van der Waals surface area contributed by atoms with Gasteiger partial charge in [-0.2, -0.15) is 0 Å². The van der Waals surface area contributed by atoms with Crippen molar-refractivity contribution in [3.63, 3.8) is 0 Å². The molecule has 0 amide bonds. The van der Waals surface area contributed by atoms with E-state index in [1.807, 2.05) is 19.1 Å². The van der Waals surface area contributed by atoms with E-state index in [4.69, 9.17) is 4.42 Å². The van der Waals surface area contributed by atoms with Crippen molar-refractivity contribution in [2.45, 2.75) is 31.3 Å². The van der Waals surface area contributed by atoms with E-state index >= 15 is 0 Å². The molecular formula is C14H13BrN4O2S. The molecule has 0 aliphatic carbocycles. The van der Waals surface area contributed by atoms with Crippen LogP contribution in [0.3, 0.4) is 0 Å². The molecule has 0 bridgehead atoms. The highest BCUT2D eigenvalue weighted by Gasteiger charge is 2.12. The van der Waals surface area contributed by atoms with Gasteiger partial charge in [0.25, 0.3) is 5.56 Å². The van der Waals surface area contributed by atoms with E-state index in [2.05, 4.69) is 31.1 Å². The molecule has 2 aromatic heterocycles. The summed E-state index contributed by atoms with van der Waals surface area (Å²) in [6.45, 7) is 4.22. The van der Waals surface area contributed by atoms with Gasteiger partial charge in [-0.05, 0) is 25.1 Å². The van der Waals surface area contributed by atoms with Gasteiger partial charge in [0, 0.05) is 17.9 Å². The van der Waals surface area contributed by atoms with Gasteiger partial charge < -0.3 is 4.42 Å². The van der Waals surface area contributed by atoms with Crippen LogP contribution in [0.1, 0.15) is 18.7 Å². The smallest absolute Gasteiger partial charge is 0.262 e. The van der Waals surface area contributed by atoms with Gasteiger partial charge in [0.05, 0.1) is 16.7 Å². The second-order valence-corrected chi connectivity index (χ2v) is 6.47. The Morgan fingerprint density at radius 2 is 2.18 bits per heavy atom. The molecule has 0 aliphatic heterocycles. The number of aromatic nitrogens is 4. The first kappa shape index (κ1) is 15.2. The van der Waals surface area contributed by atoms with E-state index in [-0.39, 0.29) is 5.56 Å². The van der Waals surface area contributed by atoms with Gasteiger partial charge in [-0.3, -0.25) is 9.36 Å². The maximum Gasteiger partial charge on any atom is 0.262 e. The Bertz CT molecular complexity index is 890. The third kappa shape index (κ3) is 2.93. The topological polar surface area (TPSA) is 73.8 Å². The zero-order valence-electron chi connectivity index (χ0n) is 12.0. The fraction of sp³-hybridized carbons (Fsp3) is 0.286. The second kappa shape index (κ2) is 6.21. The van der Waals surface area contributed by atoms with Crippen molar-refractivity contribution in [3.05, 3.63) is 44.8 Å². The van der Waals surface area contributed by atoms with Gasteiger partial charge in [0.1, 0.15) is 0 Å². The number of hydrogen-bond acceptors (Lipinski definition) is 6. The molecule has 2 heterocycles. The lowest BCUT2D eigenvalue weighted by molar-refractivity contribution is 0.485. The zero-order valence-corrected chi connectivity index (χ0v) is 14.4. The first-order chi connectivity index (χ1) is 10.6. The van der Waals surface area contributed by atoms with Gasteiger partial charge in [0.15, 0.2) is 5.16 Å². The standard InChI is InChI=1S/C14H13BrN4O2S/c1-3-19-13(20)10-6-9(15)4-5-11(10)16-14(19)22-7-12-18-17-8(2)21-12/h4-6H,3,7H2,1-2H3. The average Bonchev–Trinajstić information content (AvgIpc) is 2.91. The fourth-order valence-electron chi connectivity index (χ4n) is 2.08. The van der Waals surface area contributed by atoms with Gasteiger partial charge in [-0.1, -0.05) is 27.7 Å². The second-order valence-electron chi connectivity index (χ2n) is 4.61. The largest absolute Gasteiger partial charge is 0.425 e. The lowest BCUT2D eigenvalue weighted by Gasteiger charge is -2.10. The highest BCUT2D eigenvalue weighted by molar-refractivity contribution is 9.10. The molecule has 3 aromatic rings. The number of fused-ring (bicyclic) bond motifs is 1. The molecule has 1 aromatic carbocycles. The van der Waals surface area contributed by atoms with E-state index < -0.39 is 0 Å². The number of halogens is 1. The Morgan fingerprint density at radius 1 is 1.36 bits per heavy atom. The summed E-state index contributed by atoms with van der Waals surface area (Å²) in [5.74, 6) is 1.53. The molecule has 8 heteroatoms. The van der Waals surface area contributed by atoms with Crippen LogP contribution < -0.4 is 5.56 Å². The van der Waals surface area contributed by atoms with Crippen LogP contribution in [-0.4, -0.2) is 19.7 Å². The van der Waals surface area contributed by atoms with E-state index in [0.717, 1.165) is 4.47 Å². The van der Waals surface area contributed by atoms with Crippen molar-refractivity contribution < 1.29 is 4.42 Å². The molecule has 0 spiro atoms. The fourth-order valence-corrected chi connectivity index (χ4v) is 3.34. The van der Waals surface area contributed by atoms with E-state index in [1.54, 1.807) is 17.6 Å². The summed E-state index contributed by atoms with van der Waals surface area (Å²) in [4.78, 5) is 17.2. The van der Waals surface area contributed by atoms with Crippen LogP contribution in [0.2, 0.25) is 0 Å².